The Bertz CT molecular complexity index is 797. The van der Waals surface area contributed by atoms with Gasteiger partial charge in [0.25, 0.3) is 5.56 Å². The average molecular weight is 304 g/mol. The summed E-state index contributed by atoms with van der Waals surface area (Å²) in [7, 11) is 0. The molecular formula is C14H16N4O4. The summed E-state index contributed by atoms with van der Waals surface area (Å²) in [5.41, 5.74) is 2.82. The highest BCUT2D eigenvalue weighted by Crippen LogP contribution is 2.15. The molecule has 0 atom stereocenters. The van der Waals surface area contributed by atoms with E-state index < -0.39 is 11.7 Å². The van der Waals surface area contributed by atoms with E-state index in [2.05, 4.69) is 15.7 Å². The molecule has 2 aromatic rings. The Balaban J connectivity index is 2.51. The van der Waals surface area contributed by atoms with Crippen LogP contribution < -0.4 is 16.3 Å². The lowest BCUT2D eigenvalue weighted by molar-refractivity contribution is -0.114. The molecule has 8 heteroatoms. The number of hydrogen-bond donors (Lipinski definition) is 2. The number of nitrogens with zero attached hydrogens (tertiary/aromatic N) is 2. The van der Waals surface area contributed by atoms with Gasteiger partial charge in [-0.25, -0.2) is 15.2 Å². The number of carbonyl (C=O) groups is 2. The number of hydrogen-bond acceptors (Lipinski definition) is 5. The molecule has 22 heavy (non-hydrogen) atoms. The van der Waals surface area contributed by atoms with E-state index in [4.69, 9.17) is 4.74 Å². The highest BCUT2D eigenvalue weighted by molar-refractivity contribution is 5.92. The van der Waals surface area contributed by atoms with Crippen LogP contribution in [0.15, 0.2) is 23.0 Å². The zero-order valence-corrected chi connectivity index (χ0v) is 12.5. The first-order valence-corrected chi connectivity index (χ1v) is 6.67. The second-order valence-corrected chi connectivity index (χ2v) is 4.54. The van der Waals surface area contributed by atoms with Gasteiger partial charge in [0.05, 0.1) is 17.5 Å². The van der Waals surface area contributed by atoms with Gasteiger partial charge < -0.3 is 10.1 Å². The largest absolute Gasteiger partial charge is 0.449 e. The number of benzene rings is 1. The Morgan fingerprint density at radius 3 is 2.73 bits per heavy atom. The smallest absolute Gasteiger partial charge is 0.426 e. The second-order valence-electron chi connectivity index (χ2n) is 4.54. The molecule has 0 radical (unpaired) electrons. The van der Waals surface area contributed by atoms with E-state index >= 15 is 0 Å². The Morgan fingerprint density at radius 1 is 1.36 bits per heavy atom. The summed E-state index contributed by atoms with van der Waals surface area (Å²) in [5, 5.41) is 2.86. The van der Waals surface area contributed by atoms with E-state index in [1.165, 1.54) is 13.0 Å². The SMILES string of the molecule is CCOC(=O)Nn1c(C)nc2ccc(NC(C)=O)cc2c1=O. The predicted molar refractivity (Wildman–Crippen MR) is 81.4 cm³/mol. The molecule has 2 amide bonds. The second kappa shape index (κ2) is 6.25. The summed E-state index contributed by atoms with van der Waals surface area (Å²) < 4.78 is 5.76. The molecule has 1 aromatic heterocycles. The van der Waals surface area contributed by atoms with Gasteiger partial charge in [-0.15, -0.1) is 0 Å². The molecule has 2 N–H and O–H groups in total. The van der Waals surface area contributed by atoms with Crippen molar-refractivity contribution in [2.75, 3.05) is 17.3 Å². The van der Waals surface area contributed by atoms with Crippen LogP contribution in [0.3, 0.4) is 0 Å². The van der Waals surface area contributed by atoms with Crippen molar-refractivity contribution in [1.82, 2.24) is 9.66 Å². The fourth-order valence-electron chi connectivity index (χ4n) is 1.96. The predicted octanol–water partition coefficient (Wildman–Crippen LogP) is 1.36. The molecule has 116 valence electrons. The first-order valence-electron chi connectivity index (χ1n) is 6.67. The van der Waals surface area contributed by atoms with E-state index in [0.29, 0.717) is 17.0 Å². The quantitative estimate of drug-likeness (QED) is 0.891. The normalized spacial score (nSPS) is 10.3. The summed E-state index contributed by atoms with van der Waals surface area (Å²) in [4.78, 5) is 39.3. The number of nitrogens with one attached hydrogen (secondary N) is 2. The van der Waals surface area contributed by atoms with Crippen LogP contribution in [0.2, 0.25) is 0 Å². The fraction of sp³-hybridized carbons (Fsp3) is 0.286. The van der Waals surface area contributed by atoms with Crippen molar-refractivity contribution >= 4 is 28.6 Å². The van der Waals surface area contributed by atoms with Crippen LogP contribution >= 0.6 is 0 Å². The number of carbonyl (C=O) groups excluding carboxylic acids is 2. The molecular weight excluding hydrogens is 288 g/mol. The molecule has 8 nitrogen and oxygen atoms in total. The molecule has 0 saturated carbocycles. The van der Waals surface area contributed by atoms with Gasteiger partial charge in [-0.1, -0.05) is 0 Å². The Morgan fingerprint density at radius 2 is 2.09 bits per heavy atom. The number of aromatic nitrogens is 2. The third-order valence-electron chi connectivity index (χ3n) is 2.83. The Kier molecular flexibility index (Phi) is 4.40. The first kappa shape index (κ1) is 15.5. The maximum absolute atomic E-state index is 12.5. The van der Waals surface area contributed by atoms with Crippen LogP contribution in [0, 0.1) is 6.92 Å². The minimum absolute atomic E-state index is 0.188. The molecule has 0 saturated heterocycles. The minimum Gasteiger partial charge on any atom is -0.449 e. The van der Waals surface area contributed by atoms with Crippen molar-refractivity contribution in [1.29, 1.82) is 0 Å². The third kappa shape index (κ3) is 3.22. The lowest BCUT2D eigenvalue weighted by Gasteiger charge is -2.12. The van der Waals surface area contributed by atoms with Crippen LogP contribution in [0.5, 0.6) is 0 Å². The molecule has 0 aliphatic carbocycles. The molecule has 0 spiro atoms. The summed E-state index contributed by atoms with van der Waals surface area (Å²) in [5.74, 6) is 0.0715. The molecule has 0 bridgehead atoms. The van der Waals surface area contributed by atoms with Crippen LogP contribution in [0.25, 0.3) is 10.9 Å². The monoisotopic (exact) mass is 304 g/mol. The molecule has 1 heterocycles. The molecule has 0 aliphatic heterocycles. The standard InChI is InChI=1S/C14H16N4O4/c1-4-22-14(21)17-18-8(2)15-12-6-5-10(16-9(3)19)7-11(12)13(18)20/h5-7H,4H2,1-3H3,(H,16,19)(H,17,21). The van der Waals surface area contributed by atoms with Gasteiger partial charge >= 0.3 is 6.09 Å². The van der Waals surface area contributed by atoms with Gasteiger partial charge in [0.2, 0.25) is 5.91 Å². The van der Waals surface area contributed by atoms with Crippen LogP contribution in [-0.4, -0.2) is 28.3 Å². The van der Waals surface area contributed by atoms with Crippen molar-refractivity contribution in [2.45, 2.75) is 20.8 Å². The summed E-state index contributed by atoms with van der Waals surface area (Å²) in [6.45, 7) is 4.81. The number of anilines is 1. The summed E-state index contributed by atoms with van der Waals surface area (Å²) in [6.07, 6.45) is -0.744. The van der Waals surface area contributed by atoms with Crippen molar-refractivity contribution in [2.24, 2.45) is 0 Å². The van der Waals surface area contributed by atoms with Crippen LogP contribution in [0.1, 0.15) is 19.7 Å². The first-order chi connectivity index (χ1) is 10.4. The molecule has 0 unspecified atom stereocenters. The molecule has 1 aromatic carbocycles. The van der Waals surface area contributed by atoms with Gasteiger partial charge in [-0.2, -0.15) is 4.68 Å². The van der Waals surface area contributed by atoms with Crippen molar-refractivity contribution in [3.63, 3.8) is 0 Å². The van der Waals surface area contributed by atoms with Gasteiger partial charge in [0.15, 0.2) is 0 Å². The minimum atomic E-state index is -0.744. The molecule has 0 fully saturated rings. The van der Waals surface area contributed by atoms with E-state index in [1.54, 1.807) is 26.0 Å². The van der Waals surface area contributed by atoms with E-state index in [1.807, 2.05) is 0 Å². The highest BCUT2D eigenvalue weighted by Gasteiger charge is 2.12. The number of amides is 2. The topological polar surface area (TPSA) is 102 Å². The van der Waals surface area contributed by atoms with Gasteiger partial charge in [-0.05, 0) is 32.0 Å². The van der Waals surface area contributed by atoms with E-state index in [-0.39, 0.29) is 17.9 Å². The molecule has 0 aliphatic rings. The highest BCUT2D eigenvalue weighted by atomic mass is 16.6. The van der Waals surface area contributed by atoms with Gasteiger partial charge in [-0.3, -0.25) is 9.59 Å². The number of rotatable bonds is 3. The third-order valence-corrected chi connectivity index (χ3v) is 2.83. The number of ether oxygens (including phenoxy) is 1. The van der Waals surface area contributed by atoms with Gasteiger partial charge in [0, 0.05) is 12.6 Å². The Hall–Kier alpha value is -2.90. The Labute approximate surface area is 126 Å². The van der Waals surface area contributed by atoms with Gasteiger partial charge in [0.1, 0.15) is 5.82 Å². The number of fused-ring (bicyclic) bond motifs is 1. The lowest BCUT2D eigenvalue weighted by atomic mass is 10.2. The number of aryl methyl sites for hydroxylation is 1. The molecule has 2 rings (SSSR count). The summed E-state index contributed by atoms with van der Waals surface area (Å²) in [6, 6.07) is 4.79. The van der Waals surface area contributed by atoms with Crippen molar-refractivity contribution < 1.29 is 14.3 Å². The van der Waals surface area contributed by atoms with Crippen LogP contribution in [0.4, 0.5) is 10.5 Å². The summed E-state index contributed by atoms with van der Waals surface area (Å²) >= 11 is 0. The van der Waals surface area contributed by atoms with Crippen molar-refractivity contribution in [3.8, 4) is 0 Å². The van der Waals surface area contributed by atoms with E-state index in [0.717, 1.165) is 4.68 Å². The maximum atomic E-state index is 12.5. The zero-order chi connectivity index (χ0) is 16.3. The van der Waals surface area contributed by atoms with E-state index in [9.17, 15) is 14.4 Å². The lowest BCUT2D eigenvalue weighted by Crippen LogP contribution is -2.35. The van der Waals surface area contributed by atoms with Crippen molar-refractivity contribution in [3.05, 3.63) is 34.4 Å². The fourth-order valence-corrected chi connectivity index (χ4v) is 1.96. The maximum Gasteiger partial charge on any atom is 0.426 e. The van der Waals surface area contributed by atoms with Crippen LogP contribution in [-0.2, 0) is 9.53 Å². The zero-order valence-electron chi connectivity index (χ0n) is 12.5. The average Bonchev–Trinajstić information content (AvgIpc) is 2.44.